The number of rotatable bonds is 5. The third kappa shape index (κ3) is 4.66. The van der Waals surface area contributed by atoms with Crippen LogP contribution in [-0.2, 0) is 0 Å². The van der Waals surface area contributed by atoms with Crippen LogP contribution in [0, 0.1) is 0 Å². The fourth-order valence-corrected chi connectivity index (χ4v) is 1.36. The highest BCUT2D eigenvalue weighted by Crippen LogP contribution is 2.03. The predicted octanol–water partition coefficient (Wildman–Crippen LogP) is -0.794. The zero-order valence-electron chi connectivity index (χ0n) is 8.43. The van der Waals surface area contributed by atoms with E-state index in [1.54, 1.807) is 0 Å². The number of nitrogens with zero attached hydrogens (tertiary/aromatic N) is 1. The van der Waals surface area contributed by atoms with E-state index >= 15 is 0 Å². The third-order valence-electron chi connectivity index (χ3n) is 2.59. The van der Waals surface area contributed by atoms with Crippen LogP contribution >= 0.6 is 0 Å². The van der Waals surface area contributed by atoms with Crippen molar-refractivity contribution in [3.8, 4) is 0 Å². The molecule has 0 aliphatic carbocycles. The van der Waals surface area contributed by atoms with Gasteiger partial charge in [0.05, 0.1) is 26.2 Å². The summed E-state index contributed by atoms with van der Waals surface area (Å²) in [6.07, 6.45) is 0. The summed E-state index contributed by atoms with van der Waals surface area (Å²) in [4.78, 5) is 0. The second-order valence-corrected chi connectivity index (χ2v) is 2.74. The van der Waals surface area contributed by atoms with Crippen molar-refractivity contribution >= 4 is 0 Å². The molecule has 4 nitrogen and oxygen atoms in total. The molecule has 0 aromatic rings. The summed E-state index contributed by atoms with van der Waals surface area (Å²) in [7, 11) is 0. The van der Waals surface area contributed by atoms with Crippen molar-refractivity contribution in [3.05, 3.63) is 0 Å². The molecule has 0 saturated carbocycles. The molecule has 0 aromatic heterocycles. The van der Waals surface area contributed by atoms with E-state index in [0.29, 0.717) is 6.61 Å². The average molecular weight is 182 g/mol. The summed E-state index contributed by atoms with van der Waals surface area (Å²) in [5, 5.41) is 8.78. The Kier molecular flexibility index (Phi) is 13.3. The van der Waals surface area contributed by atoms with Crippen LogP contribution < -0.4 is 0 Å². The first-order chi connectivity index (χ1) is 4.74. The van der Waals surface area contributed by atoms with E-state index in [-0.39, 0.29) is 11.0 Å². The maximum absolute atomic E-state index is 8.78. The lowest BCUT2D eigenvalue weighted by Crippen LogP contribution is -2.49. The highest BCUT2D eigenvalue weighted by Gasteiger charge is 2.18. The van der Waals surface area contributed by atoms with Gasteiger partial charge in [-0.3, -0.25) is 0 Å². The summed E-state index contributed by atoms with van der Waals surface area (Å²) < 4.78 is 1.05. The van der Waals surface area contributed by atoms with Crippen LogP contribution in [0.4, 0.5) is 0 Å². The monoisotopic (exact) mass is 182 g/mol. The Bertz CT molecular complexity index is 76.1. The van der Waals surface area contributed by atoms with Crippen molar-refractivity contribution in [2.45, 2.75) is 20.8 Å². The van der Waals surface area contributed by atoms with Crippen LogP contribution in [-0.4, -0.2) is 53.3 Å². The number of aliphatic hydroxyl groups is 1. The quantitative estimate of drug-likeness (QED) is 0.555. The first kappa shape index (κ1) is 17.8. The molecule has 78 valence electrons. The highest BCUT2D eigenvalue weighted by molar-refractivity contribution is 4.35. The standard InChI is InChI=1S/C8H20NO.2H2O/c1-4-9(5-2,6-3)7-8-10;;/h10H,4-8H2,1-3H3;2*1H2/q+1;;. The number of quaternary nitrogens is 1. The second kappa shape index (κ2) is 8.93. The number of aliphatic hydroxyl groups excluding tert-OH is 1. The Balaban J connectivity index is -0.000000405. The lowest BCUT2D eigenvalue weighted by atomic mass is 10.3. The summed E-state index contributed by atoms with van der Waals surface area (Å²) >= 11 is 0. The van der Waals surface area contributed by atoms with Crippen LogP contribution in [0.15, 0.2) is 0 Å². The smallest absolute Gasteiger partial charge is 0.102 e. The minimum Gasteiger partial charge on any atom is -0.412 e. The van der Waals surface area contributed by atoms with Crippen molar-refractivity contribution in [1.29, 1.82) is 0 Å². The Labute approximate surface area is 75.0 Å². The molecule has 0 saturated heterocycles. The van der Waals surface area contributed by atoms with Gasteiger partial charge < -0.3 is 20.5 Å². The molecule has 0 aromatic carbocycles. The summed E-state index contributed by atoms with van der Waals surface area (Å²) in [6.45, 7) is 11.2. The molecule has 0 fully saturated rings. The largest absolute Gasteiger partial charge is 0.412 e. The fraction of sp³-hybridized carbons (Fsp3) is 1.00. The maximum Gasteiger partial charge on any atom is 0.102 e. The molecule has 0 heterocycles. The van der Waals surface area contributed by atoms with E-state index in [2.05, 4.69) is 20.8 Å². The highest BCUT2D eigenvalue weighted by atomic mass is 16.3. The van der Waals surface area contributed by atoms with Gasteiger partial charge in [0, 0.05) is 0 Å². The molecule has 0 radical (unpaired) electrons. The Morgan fingerprint density at radius 2 is 1.25 bits per heavy atom. The molecule has 0 aliphatic rings. The van der Waals surface area contributed by atoms with Crippen molar-refractivity contribution < 1.29 is 20.5 Å². The molecular formula is C8H24NO3+. The van der Waals surface area contributed by atoms with Gasteiger partial charge in [0.15, 0.2) is 0 Å². The molecule has 4 heteroatoms. The zero-order chi connectivity index (χ0) is 8.04. The average Bonchev–Trinajstić information content (AvgIpc) is 2.01. The number of hydrogen-bond donors (Lipinski definition) is 1. The summed E-state index contributed by atoms with van der Waals surface area (Å²) in [5.41, 5.74) is 0. The normalized spacial score (nSPS) is 10.0. The van der Waals surface area contributed by atoms with Gasteiger partial charge in [0.1, 0.15) is 6.54 Å². The van der Waals surface area contributed by atoms with Gasteiger partial charge in [-0.2, -0.15) is 0 Å². The Hall–Kier alpha value is -0.160. The molecular weight excluding hydrogens is 158 g/mol. The lowest BCUT2D eigenvalue weighted by molar-refractivity contribution is -0.923. The first-order valence-electron chi connectivity index (χ1n) is 4.20. The summed E-state index contributed by atoms with van der Waals surface area (Å²) in [6, 6.07) is 0. The second-order valence-electron chi connectivity index (χ2n) is 2.74. The van der Waals surface area contributed by atoms with Gasteiger partial charge in [-0.25, -0.2) is 0 Å². The van der Waals surface area contributed by atoms with Gasteiger partial charge >= 0.3 is 0 Å². The Morgan fingerprint density at radius 1 is 0.917 bits per heavy atom. The van der Waals surface area contributed by atoms with Crippen LogP contribution in [0.5, 0.6) is 0 Å². The van der Waals surface area contributed by atoms with E-state index in [9.17, 15) is 0 Å². The molecule has 0 bridgehead atoms. The Morgan fingerprint density at radius 3 is 1.33 bits per heavy atom. The fourth-order valence-electron chi connectivity index (χ4n) is 1.36. The minimum absolute atomic E-state index is 0. The van der Waals surface area contributed by atoms with Crippen molar-refractivity contribution in [1.82, 2.24) is 0 Å². The molecule has 5 N–H and O–H groups in total. The lowest BCUT2D eigenvalue weighted by Gasteiger charge is -2.34. The van der Waals surface area contributed by atoms with E-state index in [0.717, 1.165) is 30.7 Å². The van der Waals surface area contributed by atoms with Gasteiger partial charge in [-0.1, -0.05) is 0 Å². The molecule has 0 aliphatic heterocycles. The van der Waals surface area contributed by atoms with E-state index in [1.807, 2.05) is 0 Å². The molecule has 0 amide bonds. The number of hydrogen-bond acceptors (Lipinski definition) is 1. The van der Waals surface area contributed by atoms with Crippen molar-refractivity contribution in [2.75, 3.05) is 32.8 Å². The zero-order valence-corrected chi connectivity index (χ0v) is 8.43. The first-order valence-corrected chi connectivity index (χ1v) is 4.20. The van der Waals surface area contributed by atoms with Gasteiger partial charge in [0.2, 0.25) is 0 Å². The molecule has 0 rings (SSSR count). The van der Waals surface area contributed by atoms with Crippen LogP contribution in [0.2, 0.25) is 0 Å². The van der Waals surface area contributed by atoms with Gasteiger partial charge in [-0.05, 0) is 20.8 Å². The van der Waals surface area contributed by atoms with Crippen molar-refractivity contribution in [3.63, 3.8) is 0 Å². The third-order valence-corrected chi connectivity index (χ3v) is 2.59. The maximum atomic E-state index is 8.78. The van der Waals surface area contributed by atoms with Crippen LogP contribution in [0.25, 0.3) is 0 Å². The molecule has 0 atom stereocenters. The van der Waals surface area contributed by atoms with Crippen LogP contribution in [0.3, 0.4) is 0 Å². The van der Waals surface area contributed by atoms with E-state index in [4.69, 9.17) is 5.11 Å². The SMILES string of the molecule is CC[N+](CC)(CC)CCO.O.O. The van der Waals surface area contributed by atoms with Crippen LogP contribution in [0.1, 0.15) is 20.8 Å². The molecule has 0 spiro atoms. The van der Waals surface area contributed by atoms with Crippen molar-refractivity contribution in [2.24, 2.45) is 0 Å². The topological polar surface area (TPSA) is 83.2 Å². The van der Waals surface area contributed by atoms with Gasteiger partial charge in [-0.15, -0.1) is 0 Å². The number of likely N-dealkylation sites (N-methyl/N-ethyl adjacent to an activating group) is 1. The molecule has 0 unspecified atom stereocenters. The minimum atomic E-state index is 0. The predicted molar refractivity (Wildman–Crippen MR) is 51.1 cm³/mol. The van der Waals surface area contributed by atoms with E-state index < -0.39 is 0 Å². The molecule has 12 heavy (non-hydrogen) atoms. The summed E-state index contributed by atoms with van der Waals surface area (Å²) in [5.74, 6) is 0. The van der Waals surface area contributed by atoms with Gasteiger partial charge in [0.25, 0.3) is 0 Å². The van der Waals surface area contributed by atoms with E-state index in [1.165, 1.54) is 0 Å².